The lowest BCUT2D eigenvalue weighted by Crippen LogP contribution is -2.37. The van der Waals surface area contributed by atoms with Crippen LogP contribution in [0.25, 0.3) is 5.82 Å². The van der Waals surface area contributed by atoms with Gasteiger partial charge in [0.1, 0.15) is 0 Å². The maximum absolute atomic E-state index is 4.52. The van der Waals surface area contributed by atoms with E-state index in [2.05, 4.69) is 30.7 Å². The van der Waals surface area contributed by atoms with E-state index >= 15 is 0 Å². The summed E-state index contributed by atoms with van der Waals surface area (Å²) in [4.78, 5) is 13.1. The summed E-state index contributed by atoms with van der Waals surface area (Å²) in [6.45, 7) is 5.42. The zero-order valence-electron chi connectivity index (χ0n) is 16.0. The van der Waals surface area contributed by atoms with Gasteiger partial charge in [0.15, 0.2) is 11.8 Å². The van der Waals surface area contributed by atoms with Crippen LogP contribution in [0.2, 0.25) is 0 Å². The van der Waals surface area contributed by atoms with E-state index in [1.165, 1.54) is 0 Å². The fourth-order valence-electron chi connectivity index (χ4n) is 2.77. The van der Waals surface area contributed by atoms with Crippen molar-refractivity contribution in [2.24, 2.45) is 4.99 Å². The molecule has 0 atom stereocenters. The summed E-state index contributed by atoms with van der Waals surface area (Å²) in [5.41, 5.74) is 4.20. The first-order valence-electron chi connectivity index (χ1n) is 8.98. The van der Waals surface area contributed by atoms with Gasteiger partial charge in [-0.1, -0.05) is 12.1 Å². The highest BCUT2D eigenvalue weighted by Gasteiger charge is 2.05. The van der Waals surface area contributed by atoms with Crippen molar-refractivity contribution < 1.29 is 0 Å². The minimum atomic E-state index is 0.646. The van der Waals surface area contributed by atoms with Gasteiger partial charge in [-0.3, -0.25) is 9.98 Å². The third-order valence-electron chi connectivity index (χ3n) is 4.12. The molecular formula is C20H25N7. The molecule has 0 saturated carbocycles. The van der Waals surface area contributed by atoms with Crippen LogP contribution >= 0.6 is 0 Å². The average Bonchev–Trinajstić information content (AvgIpc) is 3.04. The molecule has 0 aromatic carbocycles. The molecule has 7 nitrogen and oxygen atoms in total. The number of nitrogens with zero attached hydrogens (tertiary/aromatic N) is 5. The molecule has 0 amide bonds. The van der Waals surface area contributed by atoms with Crippen molar-refractivity contribution in [1.29, 1.82) is 0 Å². The normalized spacial score (nSPS) is 11.4. The molecule has 3 aromatic rings. The number of guanidine groups is 1. The van der Waals surface area contributed by atoms with Crippen molar-refractivity contribution >= 4 is 5.96 Å². The van der Waals surface area contributed by atoms with Gasteiger partial charge in [0.2, 0.25) is 0 Å². The Balaban J connectivity index is 1.50. The fraction of sp³-hybridized carbons (Fsp3) is 0.300. The van der Waals surface area contributed by atoms with E-state index in [1.807, 2.05) is 67.3 Å². The second kappa shape index (κ2) is 8.93. The van der Waals surface area contributed by atoms with Crippen molar-refractivity contribution in [1.82, 2.24) is 30.4 Å². The molecule has 0 spiro atoms. The van der Waals surface area contributed by atoms with Crippen LogP contribution in [0, 0.1) is 13.8 Å². The Labute approximate surface area is 159 Å². The number of nitrogens with one attached hydrogen (secondary N) is 2. The predicted molar refractivity (Wildman–Crippen MR) is 107 cm³/mol. The van der Waals surface area contributed by atoms with Crippen LogP contribution < -0.4 is 10.6 Å². The van der Waals surface area contributed by atoms with Crippen molar-refractivity contribution in [3.63, 3.8) is 0 Å². The monoisotopic (exact) mass is 363 g/mol. The summed E-state index contributed by atoms with van der Waals surface area (Å²) in [7, 11) is 1.76. The van der Waals surface area contributed by atoms with E-state index in [0.29, 0.717) is 6.54 Å². The smallest absolute Gasteiger partial charge is 0.191 e. The summed E-state index contributed by atoms with van der Waals surface area (Å²) in [6, 6.07) is 12.0. The molecule has 0 fully saturated rings. The molecule has 27 heavy (non-hydrogen) atoms. The van der Waals surface area contributed by atoms with E-state index < -0.39 is 0 Å². The summed E-state index contributed by atoms with van der Waals surface area (Å²) in [6.07, 6.45) is 4.52. The van der Waals surface area contributed by atoms with Crippen LogP contribution in [0.15, 0.2) is 53.8 Å². The number of aryl methyl sites for hydroxylation is 2. The van der Waals surface area contributed by atoms with Gasteiger partial charge in [-0.25, -0.2) is 9.67 Å². The van der Waals surface area contributed by atoms with Crippen LogP contribution in [-0.2, 0) is 13.0 Å². The lowest BCUT2D eigenvalue weighted by molar-refractivity contribution is 0.777. The van der Waals surface area contributed by atoms with E-state index in [9.17, 15) is 0 Å². The van der Waals surface area contributed by atoms with Crippen LogP contribution in [0.3, 0.4) is 0 Å². The maximum Gasteiger partial charge on any atom is 0.191 e. The average molecular weight is 363 g/mol. The maximum atomic E-state index is 4.52. The highest BCUT2D eigenvalue weighted by molar-refractivity contribution is 5.79. The highest BCUT2D eigenvalue weighted by Crippen LogP contribution is 2.10. The zero-order valence-corrected chi connectivity index (χ0v) is 16.0. The number of hydrogen-bond donors (Lipinski definition) is 2. The van der Waals surface area contributed by atoms with Gasteiger partial charge in [-0.05, 0) is 43.7 Å². The first kappa shape index (κ1) is 18.6. The van der Waals surface area contributed by atoms with Gasteiger partial charge < -0.3 is 10.6 Å². The van der Waals surface area contributed by atoms with Crippen LogP contribution in [-0.4, -0.2) is 39.3 Å². The van der Waals surface area contributed by atoms with Crippen LogP contribution in [0.5, 0.6) is 0 Å². The molecule has 3 aromatic heterocycles. The highest BCUT2D eigenvalue weighted by atomic mass is 15.3. The van der Waals surface area contributed by atoms with Crippen molar-refractivity contribution in [3.8, 4) is 5.82 Å². The van der Waals surface area contributed by atoms with Crippen LogP contribution in [0.1, 0.15) is 22.6 Å². The Bertz CT molecular complexity index is 882. The molecule has 3 heterocycles. The summed E-state index contributed by atoms with van der Waals surface area (Å²) < 4.78 is 1.85. The Hall–Kier alpha value is -3.22. The topological polar surface area (TPSA) is 80.0 Å². The fourth-order valence-corrected chi connectivity index (χ4v) is 2.77. The van der Waals surface area contributed by atoms with Gasteiger partial charge in [0.05, 0.1) is 5.69 Å². The molecule has 0 aliphatic rings. The van der Waals surface area contributed by atoms with E-state index in [4.69, 9.17) is 0 Å². The Kier molecular flexibility index (Phi) is 6.14. The Morgan fingerprint density at radius 3 is 2.63 bits per heavy atom. The molecule has 7 heteroatoms. The third-order valence-corrected chi connectivity index (χ3v) is 4.12. The summed E-state index contributed by atoms with van der Waals surface area (Å²) in [5, 5.41) is 11.1. The third kappa shape index (κ3) is 5.13. The van der Waals surface area contributed by atoms with Crippen LogP contribution in [0.4, 0.5) is 0 Å². The molecular weight excluding hydrogens is 338 g/mol. The molecule has 0 unspecified atom stereocenters. The minimum Gasteiger partial charge on any atom is -0.356 e. The number of aliphatic imine (C=N–C) groups is 1. The van der Waals surface area contributed by atoms with E-state index in [0.717, 1.165) is 47.4 Å². The van der Waals surface area contributed by atoms with Crippen molar-refractivity contribution in [2.75, 3.05) is 13.6 Å². The van der Waals surface area contributed by atoms with Gasteiger partial charge in [0.25, 0.3) is 0 Å². The predicted octanol–water partition coefficient (Wildman–Crippen LogP) is 2.19. The summed E-state index contributed by atoms with van der Waals surface area (Å²) >= 11 is 0. The van der Waals surface area contributed by atoms with Gasteiger partial charge >= 0.3 is 0 Å². The molecule has 2 N–H and O–H groups in total. The molecule has 3 rings (SSSR count). The Morgan fingerprint density at radius 2 is 2.00 bits per heavy atom. The Morgan fingerprint density at radius 1 is 1.11 bits per heavy atom. The minimum absolute atomic E-state index is 0.646. The molecule has 0 radical (unpaired) electrons. The lowest BCUT2D eigenvalue weighted by atomic mass is 10.2. The van der Waals surface area contributed by atoms with Crippen molar-refractivity contribution in [3.05, 3.63) is 71.4 Å². The molecule has 140 valence electrons. The van der Waals surface area contributed by atoms with Gasteiger partial charge in [-0.15, -0.1) is 0 Å². The van der Waals surface area contributed by atoms with Crippen molar-refractivity contribution in [2.45, 2.75) is 26.8 Å². The van der Waals surface area contributed by atoms with E-state index in [1.54, 1.807) is 7.05 Å². The van der Waals surface area contributed by atoms with Gasteiger partial charge in [0, 0.05) is 50.3 Å². The second-order valence-electron chi connectivity index (χ2n) is 6.29. The number of rotatable bonds is 6. The molecule has 0 aliphatic carbocycles. The van der Waals surface area contributed by atoms with E-state index in [-0.39, 0.29) is 0 Å². The largest absolute Gasteiger partial charge is 0.356 e. The SMILES string of the molecule is CN=C(NCCc1ccccn1)NCc1ccc(-n2nc(C)cc2C)nc1. The first-order valence-corrected chi connectivity index (χ1v) is 8.98. The standard InChI is InChI=1S/C20H25N7/c1-15-12-16(2)27(26-15)19-8-7-17(13-24-19)14-25-20(21-3)23-11-9-18-6-4-5-10-22-18/h4-8,10,12-13H,9,11,14H2,1-3H3,(H2,21,23,25). The second-order valence-corrected chi connectivity index (χ2v) is 6.29. The zero-order chi connectivity index (χ0) is 19.1. The van der Waals surface area contributed by atoms with Gasteiger partial charge in [-0.2, -0.15) is 5.10 Å². The number of hydrogen-bond acceptors (Lipinski definition) is 4. The molecule has 0 saturated heterocycles. The number of aromatic nitrogens is 4. The summed E-state index contributed by atoms with van der Waals surface area (Å²) in [5.74, 6) is 1.58. The molecule has 0 bridgehead atoms. The lowest BCUT2D eigenvalue weighted by Gasteiger charge is -2.12. The number of pyridine rings is 2. The molecule has 0 aliphatic heterocycles. The quantitative estimate of drug-likeness (QED) is 0.518. The first-order chi connectivity index (χ1) is 13.2.